The van der Waals surface area contributed by atoms with Crippen LogP contribution < -0.4 is 10.2 Å². The van der Waals surface area contributed by atoms with Crippen LogP contribution in [0.5, 0.6) is 0 Å². The summed E-state index contributed by atoms with van der Waals surface area (Å²) in [5.74, 6) is 0.277. The maximum absolute atomic E-state index is 12.3. The lowest BCUT2D eigenvalue weighted by Crippen LogP contribution is -2.44. The Kier molecular flexibility index (Phi) is 5.01. The molecule has 1 N–H and O–H groups in total. The number of allylic oxidation sites excluding steroid dienone is 2. The van der Waals surface area contributed by atoms with Crippen molar-refractivity contribution in [1.82, 2.24) is 4.90 Å². The second kappa shape index (κ2) is 7.18. The number of nitrogens with zero attached hydrogens (tertiary/aromatic N) is 2. The highest BCUT2D eigenvalue weighted by Crippen LogP contribution is 2.26. The first kappa shape index (κ1) is 16.1. The summed E-state index contributed by atoms with van der Waals surface area (Å²) in [7, 11) is 2.17. The summed E-state index contributed by atoms with van der Waals surface area (Å²) in [4.78, 5) is 17.1. The van der Waals surface area contributed by atoms with Crippen LogP contribution >= 0.6 is 0 Å². The van der Waals surface area contributed by atoms with E-state index in [0.717, 1.165) is 51.1 Å². The number of nitrogens with one attached hydrogen (secondary N) is 1. The molecule has 4 heteroatoms. The van der Waals surface area contributed by atoms with Crippen molar-refractivity contribution >= 4 is 17.3 Å². The molecule has 3 rings (SSSR count). The first-order chi connectivity index (χ1) is 11.1. The molecule has 1 aromatic rings. The molecule has 0 spiro atoms. The Hall–Kier alpha value is -1.81. The molecule has 0 bridgehead atoms. The molecule has 4 nitrogen and oxygen atoms in total. The fraction of sp³-hybridized carbons (Fsp3) is 0.526. The fourth-order valence-corrected chi connectivity index (χ4v) is 3.41. The lowest BCUT2D eigenvalue weighted by Gasteiger charge is -2.35. The van der Waals surface area contributed by atoms with E-state index >= 15 is 0 Å². The summed E-state index contributed by atoms with van der Waals surface area (Å²) in [5, 5.41) is 3.09. The number of likely N-dealkylation sites (N-methyl/N-ethyl adjacent to an activating group) is 1. The number of carbonyl (C=O) groups is 1. The predicted octanol–water partition coefficient (Wildman–Crippen LogP) is 3.04. The van der Waals surface area contributed by atoms with Crippen molar-refractivity contribution in [2.45, 2.75) is 26.2 Å². The van der Waals surface area contributed by atoms with Crippen LogP contribution in [0.3, 0.4) is 0 Å². The van der Waals surface area contributed by atoms with Crippen LogP contribution in [0.25, 0.3) is 0 Å². The van der Waals surface area contributed by atoms with Gasteiger partial charge in [0.25, 0.3) is 0 Å². The Morgan fingerprint density at radius 1 is 1.17 bits per heavy atom. The summed E-state index contributed by atoms with van der Waals surface area (Å²) in [6.07, 6.45) is 7.12. The summed E-state index contributed by atoms with van der Waals surface area (Å²) >= 11 is 0. The van der Waals surface area contributed by atoms with Crippen molar-refractivity contribution in [3.63, 3.8) is 0 Å². The van der Waals surface area contributed by atoms with Crippen molar-refractivity contribution in [2.75, 3.05) is 43.4 Å². The average Bonchev–Trinajstić information content (AvgIpc) is 2.57. The SMILES string of the molecule is Cc1cc(NC(=O)C2CC=CCC2)ccc1N1CCN(C)CC1. The van der Waals surface area contributed by atoms with E-state index in [1.165, 1.54) is 11.3 Å². The highest BCUT2D eigenvalue weighted by molar-refractivity contribution is 5.93. The Morgan fingerprint density at radius 2 is 1.96 bits per heavy atom. The van der Waals surface area contributed by atoms with Gasteiger partial charge in [0, 0.05) is 43.5 Å². The Balaban J connectivity index is 1.64. The van der Waals surface area contributed by atoms with E-state index in [1.807, 2.05) is 6.07 Å². The Bertz CT molecular complexity index is 588. The zero-order chi connectivity index (χ0) is 16.2. The molecule has 1 heterocycles. The third-order valence-electron chi connectivity index (χ3n) is 4.95. The molecule has 1 unspecified atom stereocenters. The number of hydrogen-bond acceptors (Lipinski definition) is 3. The van der Waals surface area contributed by atoms with E-state index < -0.39 is 0 Å². The Labute approximate surface area is 139 Å². The summed E-state index contributed by atoms with van der Waals surface area (Å²) in [6.45, 7) is 6.47. The largest absolute Gasteiger partial charge is 0.369 e. The highest BCUT2D eigenvalue weighted by atomic mass is 16.1. The lowest BCUT2D eigenvalue weighted by molar-refractivity contribution is -0.120. The van der Waals surface area contributed by atoms with E-state index in [0.29, 0.717) is 0 Å². The van der Waals surface area contributed by atoms with E-state index in [-0.39, 0.29) is 11.8 Å². The van der Waals surface area contributed by atoms with E-state index in [2.05, 4.69) is 53.4 Å². The van der Waals surface area contributed by atoms with Crippen molar-refractivity contribution in [3.8, 4) is 0 Å². The number of rotatable bonds is 3. The monoisotopic (exact) mass is 313 g/mol. The minimum Gasteiger partial charge on any atom is -0.369 e. The van der Waals surface area contributed by atoms with Gasteiger partial charge >= 0.3 is 0 Å². The molecule has 1 saturated heterocycles. The van der Waals surface area contributed by atoms with Crippen LogP contribution in [-0.2, 0) is 4.79 Å². The fourth-order valence-electron chi connectivity index (χ4n) is 3.41. The molecule has 1 aliphatic heterocycles. The van der Waals surface area contributed by atoms with Gasteiger partial charge in [0.05, 0.1) is 0 Å². The van der Waals surface area contributed by atoms with Crippen LogP contribution in [0, 0.1) is 12.8 Å². The average molecular weight is 313 g/mol. The molecule has 2 aliphatic rings. The van der Waals surface area contributed by atoms with Crippen LogP contribution in [0.2, 0.25) is 0 Å². The van der Waals surface area contributed by atoms with Gasteiger partial charge in [-0.3, -0.25) is 4.79 Å². The minimum atomic E-state index is 0.123. The molecule has 0 radical (unpaired) electrons. The summed E-state index contributed by atoms with van der Waals surface area (Å²) in [5.41, 5.74) is 3.44. The standard InChI is InChI=1S/C19H27N3O/c1-15-14-17(20-19(23)16-6-4-3-5-7-16)8-9-18(15)22-12-10-21(2)11-13-22/h3-4,8-9,14,16H,5-7,10-13H2,1-2H3,(H,20,23). The first-order valence-corrected chi connectivity index (χ1v) is 8.63. The van der Waals surface area contributed by atoms with Crippen LogP contribution in [0.4, 0.5) is 11.4 Å². The van der Waals surface area contributed by atoms with Gasteiger partial charge < -0.3 is 15.1 Å². The van der Waals surface area contributed by atoms with Crippen molar-refractivity contribution in [3.05, 3.63) is 35.9 Å². The number of aryl methyl sites for hydroxylation is 1. The number of anilines is 2. The molecular formula is C19H27N3O. The van der Waals surface area contributed by atoms with Crippen molar-refractivity contribution < 1.29 is 4.79 Å². The van der Waals surface area contributed by atoms with Gasteiger partial charge in [-0.15, -0.1) is 0 Å². The first-order valence-electron chi connectivity index (χ1n) is 8.63. The van der Waals surface area contributed by atoms with Gasteiger partial charge in [0.15, 0.2) is 0 Å². The van der Waals surface area contributed by atoms with Crippen LogP contribution in [0.1, 0.15) is 24.8 Å². The Morgan fingerprint density at radius 3 is 2.61 bits per heavy atom. The van der Waals surface area contributed by atoms with Gasteiger partial charge in [-0.25, -0.2) is 0 Å². The van der Waals surface area contributed by atoms with E-state index in [9.17, 15) is 4.79 Å². The molecule has 23 heavy (non-hydrogen) atoms. The summed E-state index contributed by atoms with van der Waals surface area (Å²) < 4.78 is 0. The second-order valence-corrected chi connectivity index (χ2v) is 6.76. The number of carbonyl (C=O) groups excluding carboxylic acids is 1. The highest BCUT2D eigenvalue weighted by Gasteiger charge is 2.20. The zero-order valence-corrected chi connectivity index (χ0v) is 14.2. The molecule has 1 fully saturated rings. The smallest absolute Gasteiger partial charge is 0.227 e. The lowest BCUT2D eigenvalue weighted by atomic mass is 9.93. The van der Waals surface area contributed by atoms with Gasteiger partial charge in [-0.2, -0.15) is 0 Å². The van der Waals surface area contributed by atoms with Gasteiger partial charge in [-0.05, 0) is 57.0 Å². The maximum atomic E-state index is 12.3. The molecule has 124 valence electrons. The predicted molar refractivity (Wildman–Crippen MR) is 96.0 cm³/mol. The second-order valence-electron chi connectivity index (χ2n) is 6.76. The van der Waals surface area contributed by atoms with Crippen molar-refractivity contribution in [2.24, 2.45) is 5.92 Å². The topological polar surface area (TPSA) is 35.6 Å². The molecule has 1 aromatic carbocycles. The van der Waals surface area contributed by atoms with E-state index in [1.54, 1.807) is 0 Å². The van der Waals surface area contributed by atoms with E-state index in [4.69, 9.17) is 0 Å². The maximum Gasteiger partial charge on any atom is 0.227 e. The van der Waals surface area contributed by atoms with Crippen LogP contribution in [0.15, 0.2) is 30.4 Å². The number of amides is 1. The molecule has 1 amide bonds. The third kappa shape index (κ3) is 3.94. The normalized spacial score (nSPS) is 22.2. The molecular weight excluding hydrogens is 286 g/mol. The number of piperazine rings is 1. The van der Waals surface area contributed by atoms with Gasteiger partial charge in [-0.1, -0.05) is 12.2 Å². The quantitative estimate of drug-likeness (QED) is 0.871. The minimum absolute atomic E-state index is 0.123. The molecule has 0 saturated carbocycles. The zero-order valence-electron chi connectivity index (χ0n) is 14.2. The van der Waals surface area contributed by atoms with Crippen molar-refractivity contribution in [1.29, 1.82) is 0 Å². The van der Waals surface area contributed by atoms with Gasteiger partial charge in [0.1, 0.15) is 0 Å². The van der Waals surface area contributed by atoms with Crippen LogP contribution in [-0.4, -0.2) is 44.0 Å². The number of benzene rings is 1. The molecule has 1 aliphatic carbocycles. The number of hydrogen-bond donors (Lipinski definition) is 1. The summed E-state index contributed by atoms with van der Waals surface area (Å²) in [6, 6.07) is 6.29. The molecule has 0 aromatic heterocycles. The van der Waals surface area contributed by atoms with Gasteiger partial charge in [0.2, 0.25) is 5.91 Å². The third-order valence-corrected chi connectivity index (χ3v) is 4.95. The molecule has 1 atom stereocenters.